The summed E-state index contributed by atoms with van der Waals surface area (Å²) in [6.45, 7) is 0.589. The summed E-state index contributed by atoms with van der Waals surface area (Å²) in [5.74, 6) is 0.587. The van der Waals surface area contributed by atoms with Gasteiger partial charge in [0.25, 0.3) is 10.2 Å². The second-order valence-electron chi connectivity index (χ2n) is 6.81. The molecule has 30 heavy (non-hydrogen) atoms. The molecule has 1 aliphatic rings. The molecule has 1 aliphatic heterocycles. The first-order valence-electron chi connectivity index (χ1n) is 9.34. The lowest BCUT2D eigenvalue weighted by Gasteiger charge is -2.34. The fourth-order valence-electron chi connectivity index (χ4n) is 3.22. The van der Waals surface area contributed by atoms with Gasteiger partial charge in [0, 0.05) is 48.5 Å². The summed E-state index contributed by atoms with van der Waals surface area (Å²) in [4.78, 5) is 12.5. The summed E-state index contributed by atoms with van der Waals surface area (Å²) in [5.41, 5.74) is 1.25. The van der Waals surface area contributed by atoms with Crippen molar-refractivity contribution in [3.8, 4) is 11.5 Å². The van der Waals surface area contributed by atoms with E-state index in [1.54, 1.807) is 36.4 Å². The molecule has 1 fully saturated rings. The maximum absolute atomic E-state index is 13.0. The van der Waals surface area contributed by atoms with Crippen LogP contribution in [0.3, 0.4) is 0 Å². The number of anilines is 1. The molecule has 0 aromatic heterocycles. The number of carbonyl (C=O) groups is 1. The number of benzene rings is 2. The van der Waals surface area contributed by atoms with Crippen LogP contribution < -0.4 is 14.8 Å². The van der Waals surface area contributed by atoms with E-state index in [9.17, 15) is 13.2 Å². The van der Waals surface area contributed by atoms with E-state index in [2.05, 4.69) is 5.32 Å². The third-order valence-electron chi connectivity index (χ3n) is 4.67. The number of halogens is 1. The van der Waals surface area contributed by atoms with Crippen molar-refractivity contribution in [2.75, 3.05) is 39.2 Å². The molecule has 2 aromatic carbocycles. The second-order valence-corrected chi connectivity index (χ2v) is 9.17. The van der Waals surface area contributed by atoms with Gasteiger partial charge in [-0.25, -0.2) is 0 Å². The largest absolute Gasteiger partial charge is 0.497 e. The number of ether oxygens (including phenoxy) is 2. The van der Waals surface area contributed by atoms with E-state index in [1.807, 2.05) is 6.07 Å². The molecule has 10 heteroatoms. The lowest BCUT2D eigenvalue weighted by atomic mass is 10.2. The van der Waals surface area contributed by atoms with Crippen molar-refractivity contribution in [2.24, 2.45) is 0 Å². The minimum absolute atomic E-state index is 0.202. The van der Waals surface area contributed by atoms with Crippen LogP contribution in [0.4, 0.5) is 5.69 Å². The van der Waals surface area contributed by atoms with Crippen LogP contribution in [0, 0.1) is 0 Å². The van der Waals surface area contributed by atoms with Crippen molar-refractivity contribution in [2.45, 2.75) is 13.0 Å². The number of methoxy groups -OCH3 is 2. The van der Waals surface area contributed by atoms with Crippen molar-refractivity contribution < 1.29 is 22.7 Å². The molecule has 0 bridgehead atoms. The molecule has 3 rings (SSSR count). The van der Waals surface area contributed by atoms with Crippen LogP contribution in [0.2, 0.25) is 5.02 Å². The Kier molecular flexibility index (Phi) is 7.19. The fraction of sp³-hybridized carbons (Fsp3) is 0.350. The van der Waals surface area contributed by atoms with Crippen molar-refractivity contribution in [3.05, 3.63) is 53.1 Å². The molecule has 0 aliphatic carbocycles. The van der Waals surface area contributed by atoms with Gasteiger partial charge in [0.2, 0.25) is 5.91 Å². The Bertz CT molecular complexity index is 993. The molecule has 0 radical (unpaired) electrons. The molecule has 1 saturated heterocycles. The van der Waals surface area contributed by atoms with Crippen molar-refractivity contribution in [1.82, 2.24) is 8.61 Å². The first-order valence-corrected chi connectivity index (χ1v) is 11.1. The molecule has 0 spiro atoms. The summed E-state index contributed by atoms with van der Waals surface area (Å²) < 4.78 is 38.9. The van der Waals surface area contributed by atoms with Crippen LogP contribution in [0.5, 0.6) is 11.5 Å². The normalized spacial score (nSPS) is 16.8. The van der Waals surface area contributed by atoms with Gasteiger partial charge in [0.1, 0.15) is 11.5 Å². The van der Waals surface area contributed by atoms with Gasteiger partial charge in [0.05, 0.1) is 20.8 Å². The molecule has 0 atom stereocenters. The Labute approximate surface area is 181 Å². The predicted molar refractivity (Wildman–Crippen MR) is 115 cm³/mol. The summed E-state index contributed by atoms with van der Waals surface area (Å²) in [5, 5.41) is 3.26. The SMILES string of the molecule is COc1cc(NC(=O)CN2CCCN(Cc3cccc(Cl)c3)S2(=O)=O)cc(OC)c1. The standard InChI is InChI=1S/C20H24ClN3O5S/c1-28-18-10-17(11-19(12-18)29-2)22-20(25)14-24-8-4-7-23(30(24,26)27)13-15-5-3-6-16(21)9-15/h3,5-6,9-12H,4,7-8,13-14H2,1-2H3,(H,22,25). The zero-order valence-corrected chi connectivity index (χ0v) is 18.4. The first kappa shape index (κ1) is 22.4. The molecule has 1 heterocycles. The highest BCUT2D eigenvalue weighted by Gasteiger charge is 2.34. The molecule has 0 unspecified atom stereocenters. The zero-order valence-electron chi connectivity index (χ0n) is 16.8. The lowest BCUT2D eigenvalue weighted by molar-refractivity contribution is -0.116. The lowest BCUT2D eigenvalue weighted by Crippen LogP contribution is -2.51. The number of hydrogen-bond acceptors (Lipinski definition) is 5. The Hall–Kier alpha value is -2.33. The minimum Gasteiger partial charge on any atom is -0.497 e. The topological polar surface area (TPSA) is 88.2 Å². The number of nitrogens with zero attached hydrogens (tertiary/aromatic N) is 2. The van der Waals surface area contributed by atoms with Gasteiger partial charge < -0.3 is 14.8 Å². The maximum Gasteiger partial charge on any atom is 0.282 e. The summed E-state index contributed by atoms with van der Waals surface area (Å²) in [6.07, 6.45) is 0.625. The van der Waals surface area contributed by atoms with Crippen molar-refractivity contribution >= 4 is 33.4 Å². The fourth-order valence-corrected chi connectivity index (χ4v) is 5.07. The summed E-state index contributed by atoms with van der Waals surface area (Å²) in [7, 11) is -0.757. The average Bonchev–Trinajstić information content (AvgIpc) is 2.71. The molecular formula is C20H24ClN3O5S. The third kappa shape index (κ3) is 5.42. The van der Waals surface area contributed by atoms with Crippen molar-refractivity contribution in [3.63, 3.8) is 0 Å². The van der Waals surface area contributed by atoms with Gasteiger partial charge in [-0.05, 0) is 24.1 Å². The third-order valence-corrected chi connectivity index (χ3v) is 6.83. The predicted octanol–water partition coefficient (Wildman–Crippen LogP) is 2.75. The number of amides is 1. The van der Waals surface area contributed by atoms with E-state index in [0.717, 1.165) is 5.56 Å². The van der Waals surface area contributed by atoms with E-state index >= 15 is 0 Å². The van der Waals surface area contributed by atoms with Crippen molar-refractivity contribution in [1.29, 1.82) is 0 Å². The van der Waals surface area contributed by atoms with Crippen LogP contribution in [0.15, 0.2) is 42.5 Å². The number of carbonyl (C=O) groups excluding carboxylic acids is 1. The molecule has 8 nitrogen and oxygen atoms in total. The van der Waals surface area contributed by atoms with Crippen LogP contribution in [0.1, 0.15) is 12.0 Å². The highest BCUT2D eigenvalue weighted by atomic mass is 35.5. The highest BCUT2D eigenvalue weighted by molar-refractivity contribution is 7.86. The number of rotatable bonds is 7. The smallest absolute Gasteiger partial charge is 0.282 e. The molecule has 0 saturated carbocycles. The molecular weight excluding hydrogens is 430 g/mol. The zero-order chi connectivity index (χ0) is 21.7. The number of nitrogens with one attached hydrogen (secondary N) is 1. The van der Waals surface area contributed by atoms with E-state index in [1.165, 1.54) is 22.8 Å². The minimum atomic E-state index is -3.78. The Balaban J connectivity index is 1.69. The quantitative estimate of drug-likeness (QED) is 0.696. The molecule has 1 amide bonds. The Morgan fingerprint density at radius 1 is 1.07 bits per heavy atom. The summed E-state index contributed by atoms with van der Waals surface area (Å²) in [6, 6.07) is 12.0. The maximum atomic E-state index is 13.0. The van der Waals surface area contributed by atoms with E-state index < -0.39 is 16.1 Å². The monoisotopic (exact) mass is 453 g/mol. The number of hydrogen-bond donors (Lipinski definition) is 1. The van der Waals surface area contributed by atoms with Gasteiger partial charge in [0.15, 0.2) is 0 Å². The van der Waals surface area contributed by atoms with Gasteiger partial charge in [-0.3, -0.25) is 4.79 Å². The van der Waals surface area contributed by atoms with Crippen LogP contribution in [0.25, 0.3) is 0 Å². The van der Waals surface area contributed by atoms with E-state index in [0.29, 0.717) is 35.2 Å². The highest BCUT2D eigenvalue weighted by Crippen LogP contribution is 2.26. The van der Waals surface area contributed by atoms with Crippen LogP contribution in [-0.2, 0) is 21.5 Å². The van der Waals surface area contributed by atoms with Gasteiger partial charge in [-0.2, -0.15) is 17.0 Å². The molecule has 2 aromatic rings. The Morgan fingerprint density at radius 3 is 2.37 bits per heavy atom. The van der Waals surface area contributed by atoms with E-state index in [-0.39, 0.29) is 19.6 Å². The van der Waals surface area contributed by atoms with Gasteiger partial charge in [-0.15, -0.1) is 0 Å². The molecule has 1 N–H and O–H groups in total. The van der Waals surface area contributed by atoms with Gasteiger partial charge in [-0.1, -0.05) is 23.7 Å². The van der Waals surface area contributed by atoms with Gasteiger partial charge >= 0.3 is 0 Å². The first-order chi connectivity index (χ1) is 14.3. The molecule has 162 valence electrons. The van der Waals surface area contributed by atoms with Crippen LogP contribution in [-0.4, -0.2) is 56.8 Å². The second kappa shape index (κ2) is 9.65. The average molecular weight is 454 g/mol. The summed E-state index contributed by atoms with van der Waals surface area (Å²) >= 11 is 6.00. The van der Waals surface area contributed by atoms with Crippen LogP contribution >= 0.6 is 11.6 Å². The van der Waals surface area contributed by atoms with E-state index in [4.69, 9.17) is 21.1 Å². The Morgan fingerprint density at radius 2 is 1.73 bits per heavy atom.